The van der Waals surface area contributed by atoms with Crippen LogP contribution in [-0.2, 0) is 10.0 Å². The summed E-state index contributed by atoms with van der Waals surface area (Å²) in [7, 11) is -1.93. The van der Waals surface area contributed by atoms with E-state index in [-0.39, 0.29) is 10.8 Å². The first-order valence-electron chi connectivity index (χ1n) is 6.72. The van der Waals surface area contributed by atoms with Crippen LogP contribution < -0.4 is 10.0 Å². The Bertz CT molecular complexity index is 687. The molecule has 0 fully saturated rings. The standard InChI is InChI=1S/C15H19N3O2S/c1-12(13-7-4-3-5-8-13)11-18-21(19,20)14-9-6-10-17-15(14)16-2/h3-10,12,18H,11H2,1-2H3,(H,16,17). The summed E-state index contributed by atoms with van der Waals surface area (Å²) in [6, 6.07) is 12.9. The number of rotatable bonds is 6. The number of aromatic nitrogens is 1. The van der Waals surface area contributed by atoms with Crippen LogP contribution in [0.1, 0.15) is 18.4 Å². The predicted octanol–water partition coefficient (Wildman–Crippen LogP) is 2.21. The molecule has 0 aliphatic carbocycles. The highest BCUT2D eigenvalue weighted by molar-refractivity contribution is 7.89. The number of hydrogen-bond acceptors (Lipinski definition) is 4. The zero-order valence-electron chi connectivity index (χ0n) is 12.1. The molecule has 2 aromatic rings. The molecular formula is C15H19N3O2S. The van der Waals surface area contributed by atoms with Gasteiger partial charge in [0.15, 0.2) is 0 Å². The summed E-state index contributed by atoms with van der Waals surface area (Å²) in [5.74, 6) is 0.438. The Morgan fingerprint density at radius 3 is 2.52 bits per heavy atom. The first-order chi connectivity index (χ1) is 10.0. The van der Waals surface area contributed by atoms with Gasteiger partial charge >= 0.3 is 0 Å². The lowest BCUT2D eigenvalue weighted by atomic mass is 10.0. The molecule has 0 bridgehead atoms. The van der Waals surface area contributed by atoms with Gasteiger partial charge in [-0.3, -0.25) is 0 Å². The Morgan fingerprint density at radius 2 is 1.86 bits per heavy atom. The smallest absolute Gasteiger partial charge is 0.244 e. The van der Waals surface area contributed by atoms with Crippen molar-refractivity contribution in [2.75, 3.05) is 18.9 Å². The van der Waals surface area contributed by atoms with Gasteiger partial charge in [0.05, 0.1) is 0 Å². The monoisotopic (exact) mass is 305 g/mol. The van der Waals surface area contributed by atoms with E-state index >= 15 is 0 Å². The maximum absolute atomic E-state index is 12.4. The van der Waals surface area contributed by atoms with Crippen molar-refractivity contribution in [3.8, 4) is 0 Å². The Balaban J connectivity index is 2.12. The van der Waals surface area contributed by atoms with Gasteiger partial charge in [0, 0.05) is 19.8 Å². The molecule has 0 saturated heterocycles. The number of nitrogens with zero attached hydrogens (tertiary/aromatic N) is 1. The summed E-state index contributed by atoms with van der Waals surface area (Å²) in [5, 5.41) is 2.79. The van der Waals surface area contributed by atoms with E-state index in [4.69, 9.17) is 0 Å². The van der Waals surface area contributed by atoms with E-state index in [1.54, 1.807) is 19.3 Å². The topological polar surface area (TPSA) is 71.1 Å². The fraction of sp³-hybridized carbons (Fsp3) is 0.267. The number of hydrogen-bond donors (Lipinski definition) is 2. The van der Waals surface area contributed by atoms with Crippen LogP contribution in [0, 0.1) is 0 Å². The van der Waals surface area contributed by atoms with Gasteiger partial charge in [-0.15, -0.1) is 0 Å². The fourth-order valence-corrected chi connectivity index (χ4v) is 3.30. The van der Waals surface area contributed by atoms with Crippen molar-refractivity contribution in [2.24, 2.45) is 0 Å². The molecule has 0 spiro atoms. The summed E-state index contributed by atoms with van der Waals surface area (Å²) < 4.78 is 27.4. The van der Waals surface area contributed by atoms with Crippen LogP contribution >= 0.6 is 0 Å². The van der Waals surface area contributed by atoms with E-state index in [1.165, 1.54) is 6.07 Å². The highest BCUT2D eigenvalue weighted by atomic mass is 32.2. The second-order valence-electron chi connectivity index (χ2n) is 4.76. The molecule has 112 valence electrons. The van der Waals surface area contributed by atoms with Crippen molar-refractivity contribution in [2.45, 2.75) is 17.7 Å². The third kappa shape index (κ3) is 3.80. The first kappa shape index (κ1) is 15.5. The van der Waals surface area contributed by atoms with Crippen molar-refractivity contribution >= 4 is 15.8 Å². The van der Waals surface area contributed by atoms with Gasteiger partial charge in [-0.05, 0) is 23.6 Å². The van der Waals surface area contributed by atoms with Crippen molar-refractivity contribution in [1.29, 1.82) is 0 Å². The summed E-state index contributed by atoms with van der Waals surface area (Å²) in [6.07, 6.45) is 1.55. The number of anilines is 1. The summed E-state index contributed by atoms with van der Waals surface area (Å²) in [4.78, 5) is 4.18. The van der Waals surface area contributed by atoms with Crippen LogP contribution in [0.5, 0.6) is 0 Å². The molecule has 21 heavy (non-hydrogen) atoms. The van der Waals surface area contributed by atoms with Crippen LogP contribution in [0.25, 0.3) is 0 Å². The molecule has 0 aliphatic rings. The molecule has 0 aliphatic heterocycles. The molecule has 2 rings (SSSR count). The summed E-state index contributed by atoms with van der Waals surface area (Å²) in [5.41, 5.74) is 1.10. The van der Waals surface area contributed by atoms with E-state index in [2.05, 4.69) is 15.0 Å². The third-order valence-electron chi connectivity index (χ3n) is 3.25. The molecule has 0 radical (unpaired) electrons. The molecule has 5 nitrogen and oxygen atoms in total. The number of sulfonamides is 1. The van der Waals surface area contributed by atoms with Crippen molar-refractivity contribution in [3.63, 3.8) is 0 Å². The molecule has 1 aromatic carbocycles. The lowest BCUT2D eigenvalue weighted by Gasteiger charge is -2.14. The zero-order chi connectivity index (χ0) is 15.3. The van der Waals surface area contributed by atoms with Crippen molar-refractivity contribution in [1.82, 2.24) is 9.71 Å². The number of pyridine rings is 1. The van der Waals surface area contributed by atoms with Gasteiger partial charge < -0.3 is 5.32 Å². The highest BCUT2D eigenvalue weighted by Crippen LogP contribution is 2.19. The normalized spacial score (nSPS) is 12.9. The van der Waals surface area contributed by atoms with E-state index in [1.807, 2.05) is 37.3 Å². The van der Waals surface area contributed by atoms with E-state index in [0.717, 1.165) is 5.56 Å². The SMILES string of the molecule is CNc1ncccc1S(=O)(=O)NCC(C)c1ccccc1. The molecule has 0 saturated carbocycles. The largest absolute Gasteiger partial charge is 0.372 e. The fourth-order valence-electron chi connectivity index (χ4n) is 2.01. The Kier molecular flexibility index (Phi) is 4.93. The van der Waals surface area contributed by atoms with E-state index in [0.29, 0.717) is 12.4 Å². The van der Waals surface area contributed by atoms with Gasteiger partial charge in [-0.1, -0.05) is 37.3 Å². The van der Waals surface area contributed by atoms with E-state index < -0.39 is 10.0 Å². The van der Waals surface area contributed by atoms with Crippen LogP contribution in [0.3, 0.4) is 0 Å². The second-order valence-corrected chi connectivity index (χ2v) is 6.50. The summed E-state index contributed by atoms with van der Waals surface area (Å²) in [6.45, 7) is 2.32. The lowest BCUT2D eigenvalue weighted by Crippen LogP contribution is -2.28. The molecule has 1 atom stereocenters. The molecular weight excluding hydrogens is 286 g/mol. The molecule has 2 N–H and O–H groups in total. The van der Waals surface area contributed by atoms with Gasteiger partial charge in [-0.2, -0.15) is 0 Å². The molecule has 6 heteroatoms. The van der Waals surface area contributed by atoms with Crippen molar-refractivity contribution < 1.29 is 8.42 Å². The van der Waals surface area contributed by atoms with Crippen LogP contribution in [0.4, 0.5) is 5.82 Å². The first-order valence-corrected chi connectivity index (χ1v) is 8.20. The Labute approximate surface area is 125 Å². The molecule has 1 heterocycles. The van der Waals surface area contributed by atoms with Gasteiger partial charge in [0.2, 0.25) is 10.0 Å². The third-order valence-corrected chi connectivity index (χ3v) is 4.70. The Morgan fingerprint density at radius 1 is 1.14 bits per heavy atom. The van der Waals surface area contributed by atoms with Gasteiger partial charge in [0.1, 0.15) is 10.7 Å². The molecule has 1 unspecified atom stereocenters. The minimum Gasteiger partial charge on any atom is -0.372 e. The zero-order valence-corrected chi connectivity index (χ0v) is 12.9. The minimum absolute atomic E-state index is 0.0932. The van der Waals surface area contributed by atoms with Gasteiger partial charge in [-0.25, -0.2) is 18.1 Å². The summed E-state index contributed by atoms with van der Waals surface area (Å²) >= 11 is 0. The quantitative estimate of drug-likeness (QED) is 0.858. The lowest BCUT2D eigenvalue weighted by molar-refractivity contribution is 0.575. The molecule has 0 amide bonds. The average Bonchev–Trinajstić information content (AvgIpc) is 2.53. The predicted molar refractivity (Wildman–Crippen MR) is 83.8 cm³/mol. The highest BCUT2D eigenvalue weighted by Gasteiger charge is 2.19. The maximum atomic E-state index is 12.4. The van der Waals surface area contributed by atoms with Crippen LogP contribution in [0.15, 0.2) is 53.6 Å². The van der Waals surface area contributed by atoms with Crippen LogP contribution in [-0.4, -0.2) is 27.0 Å². The Hall–Kier alpha value is -1.92. The minimum atomic E-state index is -3.58. The average molecular weight is 305 g/mol. The number of nitrogens with one attached hydrogen (secondary N) is 2. The number of benzene rings is 1. The second kappa shape index (κ2) is 6.69. The van der Waals surface area contributed by atoms with Crippen molar-refractivity contribution in [3.05, 3.63) is 54.2 Å². The maximum Gasteiger partial charge on any atom is 0.244 e. The van der Waals surface area contributed by atoms with E-state index in [9.17, 15) is 8.42 Å². The van der Waals surface area contributed by atoms with Crippen LogP contribution in [0.2, 0.25) is 0 Å². The van der Waals surface area contributed by atoms with Gasteiger partial charge in [0.25, 0.3) is 0 Å². The molecule has 1 aromatic heterocycles.